The maximum Gasteiger partial charge on any atom is 0.153 e. The summed E-state index contributed by atoms with van der Waals surface area (Å²) in [4.78, 5) is 11.3. The lowest BCUT2D eigenvalue weighted by Crippen LogP contribution is -2.04. The molecule has 0 fully saturated rings. The van der Waals surface area contributed by atoms with E-state index in [-0.39, 0.29) is 0 Å². The van der Waals surface area contributed by atoms with Crippen molar-refractivity contribution in [1.82, 2.24) is 4.57 Å². The van der Waals surface area contributed by atoms with Crippen molar-refractivity contribution < 1.29 is 9.53 Å². The SMILES string of the molecule is CCOc1ccc2c(c1)c(C=O)c(Cl)n2CC(C)C. The first kappa shape index (κ1) is 13.9. The third kappa shape index (κ3) is 2.61. The molecule has 0 aliphatic rings. The third-order valence-corrected chi connectivity index (χ3v) is 3.39. The highest BCUT2D eigenvalue weighted by Crippen LogP contribution is 2.32. The lowest BCUT2D eigenvalue weighted by molar-refractivity contribution is 0.112. The molecule has 1 aromatic heterocycles. The zero-order chi connectivity index (χ0) is 14.0. The average Bonchev–Trinajstić information content (AvgIpc) is 2.62. The molecule has 0 spiro atoms. The van der Waals surface area contributed by atoms with Crippen molar-refractivity contribution in [1.29, 1.82) is 0 Å². The smallest absolute Gasteiger partial charge is 0.153 e. The second-order valence-corrected chi connectivity index (χ2v) is 5.30. The van der Waals surface area contributed by atoms with Crippen LogP contribution in [0, 0.1) is 5.92 Å². The minimum absolute atomic E-state index is 0.458. The van der Waals surface area contributed by atoms with E-state index in [1.54, 1.807) is 0 Å². The first-order valence-electron chi connectivity index (χ1n) is 6.48. The monoisotopic (exact) mass is 279 g/mol. The number of ether oxygens (including phenoxy) is 1. The molecule has 0 aliphatic heterocycles. The second kappa shape index (κ2) is 5.66. The standard InChI is InChI=1S/C15H18ClNO2/c1-4-19-11-5-6-14-12(7-11)13(9-18)15(16)17(14)8-10(2)3/h5-7,9-10H,4,8H2,1-3H3. The number of halogens is 1. The van der Waals surface area contributed by atoms with E-state index in [9.17, 15) is 4.79 Å². The molecule has 102 valence electrons. The van der Waals surface area contributed by atoms with Crippen LogP contribution in [0.15, 0.2) is 18.2 Å². The van der Waals surface area contributed by atoms with Crippen LogP contribution in [0.2, 0.25) is 5.15 Å². The van der Waals surface area contributed by atoms with Crippen molar-refractivity contribution in [3.05, 3.63) is 28.9 Å². The van der Waals surface area contributed by atoms with Crippen LogP contribution in [0.3, 0.4) is 0 Å². The molecular weight excluding hydrogens is 262 g/mol. The van der Waals surface area contributed by atoms with Gasteiger partial charge in [-0.25, -0.2) is 0 Å². The van der Waals surface area contributed by atoms with E-state index in [1.807, 2.05) is 29.7 Å². The Morgan fingerprint density at radius 2 is 2.16 bits per heavy atom. The molecule has 1 aromatic carbocycles. The molecule has 19 heavy (non-hydrogen) atoms. The third-order valence-electron chi connectivity index (χ3n) is 2.98. The van der Waals surface area contributed by atoms with E-state index in [1.165, 1.54) is 0 Å². The molecule has 0 atom stereocenters. The van der Waals surface area contributed by atoms with Gasteiger partial charge < -0.3 is 9.30 Å². The lowest BCUT2D eigenvalue weighted by atomic mass is 10.2. The van der Waals surface area contributed by atoms with Gasteiger partial charge in [-0.05, 0) is 31.0 Å². The number of benzene rings is 1. The lowest BCUT2D eigenvalue weighted by Gasteiger charge is -2.10. The molecular formula is C15H18ClNO2. The summed E-state index contributed by atoms with van der Waals surface area (Å²) in [6.07, 6.45) is 0.817. The number of hydrogen-bond acceptors (Lipinski definition) is 2. The van der Waals surface area contributed by atoms with Gasteiger partial charge in [0, 0.05) is 11.9 Å². The predicted molar refractivity (Wildman–Crippen MR) is 78.3 cm³/mol. The number of fused-ring (bicyclic) bond motifs is 1. The zero-order valence-electron chi connectivity index (χ0n) is 11.4. The topological polar surface area (TPSA) is 31.2 Å². The highest BCUT2D eigenvalue weighted by molar-refractivity contribution is 6.34. The van der Waals surface area contributed by atoms with Crippen molar-refractivity contribution in [3.63, 3.8) is 0 Å². The van der Waals surface area contributed by atoms with E-state index in [0.29, 0.717) is 23.2 Å². The van der Waals surface area contributed by atoms with Gasteiger partial charge in [-0.1, -0.05) is 25.4 Å². The number of carbonyl (C=O) groups is 1. The van der Waals surface area contributed by atoms with Crippen LogP contribution in [0.25, 0.3) is 10.9 Å². The zero-order valence-corrected chi connectivity index (χ0v) is 12.2. The van der Waals surface area contributed by atoms with E-state index < -0.39 is 0 Å². The Morgan fingerprint density at radius 3 is 2.74 bits per heavy atom. The fourth-order valence-electron chi connectivity index (χ4n) is 2.24. The molecule has 1 heterocycles. The summed E-state index contributed by atoms with van der Waals surface area (Å²) in [5.74, 6) is 1.22. The van der Waals surface area contributed by atoms with Gasteiger partial charge in [-0.3, -0.25) is 4.79 Å². The van der Waals surface area contributed by atoms with Crippen LogP contribution in [-0.4, -0.2) is 17.5 Å². The summed E-state index contributed by atoms with van der Waals surface area (Å²) in [6, 6.07) is 5.75. The second-order valence-electron chi connectivity index (χ2n) is 4.94. The van der Waals surface area contributed by atoms with E-state index >= 15 is 0 Å². The van der Waals surface area contributed by atoms with Gasteiger partial charge in [-0.2, -0.15) is 0 Å². The Bertz CT molecular complexity index is 602. The molecule has 0 N–H and O–H groups in total. The highest BCUT2D eigenvalue weighted by Gasteiger charge is 2.16. The van der Waals surface area contributed by atoms with Gasteiger partial charge in [0.05, 0.1) is 17.7 Å². The molecule has 2 rings (SSSR count). The molecule has 3 nitrogen and oxygen atoms in total. The van der Waals surface area contributed by atoms with Crippen LogP contribution < -0.4 is 4.74 Å². The number of hydrogen-bond donors (Lipinski definition) is 0. The Kier molecular flexibility index (Phi) is 4.15. The Morgan fingerprint density at radius 1 is 1.42 bits per heavy atom. The van der Waals surface area contributed by atoms with Crippen molar-refractivity contribution >= 4 is 28.8 Å². The first-order valence-corrected chi connectivity index (χ1v) is 6.86. The number of rotatable bonds is 5. The molecule has 0 saturated carbocycles. The summed E-state index contributed by atoms with van der Waals surface area (Å²) in [7, 11) is 0. The number of carbonyl (C=O) groups excluding carboxylic acids is 1. The van der Waals surface area contributed by atoms with Crippen molar-refractivity contribution in [3.8, 4) is 5.75 Å². The first-order chi connectivity index (χ1) is 9.08. The normalized spacial score (nSPS) is 11.2. The van der Waals surface area contributed by atoms with Gasteiger partial charge in [0.1, 0.15) is 10.9 Å². The Hall–Kier alpha value is -1.48. The van der Waals surface area contributed by atoms with Gasteiger partial charge in [-0.15, -0.1) is 0 Å². The molecule has 0 aliphatic carbocycles. The van der Waals surface area contributed by atoms with E-state index in [4.69, 9.17) is 16.3 Å². The fourth-order valence-corrected chi connectivity index (χ4v) is 2.55. The van der Waals surface area contributed by atoms with Gasteiger partial charge in [0.15, 0.2) is 6.29 Å². The average molecular weight is 280 g/mol. The van der Waals surface area contributed by atoms with Crippen LogP contribution >= 0.6 is 11.6 Å². The molecule has 4 heteroatoms. The maximum absolute atomic E-state index is 11.3. The van der Waals surface area contributed by atoms with Crippen molar-refractivity contribution in [2.75, 3.05) is 6.61 Å². The Balaban J connectivity index is 2.63. The van der Waals surface area contributed by atoms with Crippen LogP contribution in [-0.2, 0) is 6.54 Å². The number of aromatic nitrogens is 1. The van der Waals surface area contributed by atoms with E-state index in [2.05, 4.69) is 13.8 Å². The molecule has 0 bridgehead atoms. The minimum atomic E-state index is 0.458. The summed E-state index contributed by atoms with van der Waals surface area (Å²) >= 11 is 6.32. The van der Waals surface area contributed by atoms with Gasteiger partial charge in [0.25, 0.3) is 0 Å². The molecule has 0 saturated heterocycles. The number of nitrogens with zero attached hydrogens (tertiary/aromatic N) is 1. The van der Waals surface area contributed by atoms with Gasteiger partial charge >= 0.3 is 0 Å². The van der Waals surface area contributed by atoms with Crippen molar-refractivity contribution in [2.45, 2.75) is 27.3 Å². The summed E-state index contributed by atoms with van der Waals surface area (Å²) in [5, 5.41) is 1.36. The maximum atomic E-state index is 11.3. The van der Waals surface area contributed by atoms with Crippen LogP contribution in [0.4, 0.5) is 0 Å². The summed E-state index contributed by atoms with van der Waals surface area (Å²) < 4.78 is 7.46. The van der Waals surface area contributed by atoms with E-state index in [0.717, 1.165) is 29.5 Å². The Labute approximate surface area is 118 Å². The minimum Gasteiger partial charge on any atom is -0.494 e. The summed E-state index contributed by atoms with van der Waals surface area (Å²) in [6.45, 7) is 7.57. The largest absolute Gasteiger partial charge is 0.494 e. The van der Waals surface area contributed by atoms with Crippen molar-refractivity contribution in [2.24, 2.45) is 5.92 Å². The molecule has 0 unspecified atom stereocenters. The van der Waals surface area contributed by atoms with Crippen LogP contribution in [0.5, 0.6) is 5.75 Å². The number of aldehydes is 1. The summed E-state index contributed by atoms with van der Waals surface area (Å²) in [5.41, 5.74) is 1.52. The molecule has 0 amide bonds. The highest BCUT2D eigenvalue weighted by atomic mass is 35.5. The molecule has 2 aromatic rings. The molecule has 0 radical (unpaired) electrons. The fraction of sp³-hybridized carbons (Fsp3) is 0.400. The quantitative estimate of drug-likeness (QED) is 0.770. The predicted octanol–water partition coefficient (Wildman–Crippen LogP) is 4.16. The van der Waals surface area contributed by atoms with Gasteiger partial charge in [0.2, 0.25) is 0 Å². The van der Waals surface area contributed by atoms with Crippen LogP contribution in [0.1, 0.15) is 31.1 Å².